The van der Waals surface area contributed by atoms with Gasteiger partial charge < -0.3 is 0 Å². The van der Waals surface area contributed by atoms with Gasteiger partial charge in [0, 0.05) is 18.2 Å². The number of pyridine rings is 1. The Labute approximate surface area is 159 Å². The number of rotatable bonds is 6. The van der Waals surface area contributed by atoms with Gasteiger partial charge in [0.25, 0.3) is 0 Å². The van der Waals surface area contributed by atoms with Crippen molar-refractivity contribution in [3.63, 3.8) is 0 Å². The molecule has 1 nitrogen and oxygen atoms in total. The Kier molecular flexibility index (Phi) is 7.01. The number of halogens is 7. The maximum absolute atomic E-state index is 14.3. The highest BCUT2D eigenvalue weighted by molar-refractivity contribution is 9.10. The molecular weight excluding hydrogens is 444 g/mol. The zero-order chi connectivity index (χ0) is 19.5. The van der Waals surface area contributed by atoms with Crippen LogP contribution in [0.15, 0.2) is 29.0 Å². The van der Waals surface area contributed by atoms with E-state index < -0.39 is 40.9 Å². The highest BCUT2D eigenvalue weighted by Gasteiger charge is 2.29. The molecular formula is C17H14BrF6NS. The molecule has 9 heteroatoms. The van der Waals surface area contributed by atoms with Gasteiger partial charge >= 0.3 is 6.18 Å². The van der Waals surface area contributed by atoms with Crippen LogP contribution in [-0.2, 0) is 0 Å². The van der Waals surface area contributed by atoms with Gasteiger partial charge in [-0.2, -0.15) is 13.2 Å². The standard InChI is InChI=1S/C17H14BrF6NS/c1-9-7-13(18)25-8-10(9)16(26-6-2-5-17(22,23)24)14-11(19)3-4-12(20)15(14)21/h3-4,7-8,16H,2,5-6H2,1H3. The van der Waals surface area contributed by atoms with Gasteiger partial charge in [-0.05, 0) is 64.4 Å². The minimum atomic E-state index is -4.31. The molecule has 0 saturated carbocycles. The van der Waals surface area contributed by atoms with E-state index in [1.165, 1.54) is 6.20 Å². The van der Waals surface area contributed by atoms with Crippen LogP contribution in [0.5, 0.6) is 0 Å². The Morgan fingerprint density at radius 1 is 1.15 bits per heavy atom. The number of aromatic nitrogens is 1. The summed E-state index contributed by atoms with van der Waals surface area (Å²) in [6, 6.07) is 3.10. The molecule has 0 amide bonds. The van der Waals surface area contributed by atoms with E-state index in [0.29, 0.717) is 21.8 Å². The molecule has 0 saturated heterocycles. The molecule has 1 aromatic heterocycles. The largest absolute Gasteiger partial charge is 0.389 e. The molecule has 0 bridgehead atoms. The van der Waals surface area contributed by atoms with E-state index in [2.05, 4.69) is 20.9 Å². The first-order chi connectivity index (χ1) is 12.1. The van der Waals surface area contributed by atoms with Gasteiger partial charge in [-0.25, -0.2) is 18.2 Å². The van der Waals surface area contributed by atoms with Crippen molar-refractivity contribution in [2.75, 3.05) is 5.75 Å². The SMILES string of the molecule is Cc1cc(Br)ncc1C(SCCCC(F)(F)F)c1c(F)ccc(F)c1F. The molecule has 2 rings (SSSR count). The molecule has 1 atom stereocenters. The predicted octanol–water partition coefficient (Wildman–Crippen LogP) is 6.73. The van der Waals surface area contributed by atoms with Gasteiger partial charge in [-0.3, -0.25) is 0 Å². The topological polar surface area (TPSA) is 12.9 Å². The summed E-state index contributed by atoms with van der Waals surface area (Å²) in [5.74, 6) is -3.53. The lowest BCUT2D eigenvalue weighted by Crippen LogP contribution is -2.10. The van der Waals surface area contributed by atoms with Crippen LogP contribution in [-0.4, -0.2) is 16.9 Å². The van der Waals surface area contributed by atoms with E-state index in [0.717, 1.165) is 17.8 Å². The fourth-order valence-electron chi connectivity index (χ4n) is 2.39. The van der Waals surface area contributed by atoms with Crippen molar-refractivity contribution in [1.29, 1.82) is 0 Å². The molecule has 1 unspecified atom stereocenters. The molecule has 0 N–H and O–H groups in total. The summed E-state index contributed by atoms with van der Waals surface area (Å²) in [5.41, 5.74) is 0.520. The first-order valence-electron chi connectivity index (χ1n) is 7.54. The molecule has 0 fully saturated rings. The average molecular weight is 458 g/mol. The summed E-state index contributed by atoms with van der Waals surface area (Å²) >= 11 is 4.10. The second kappa shape index (κ2) is 8.65. The quantitative estimate of drug-likeness (QED) is 0.206. The fraction of sp³-hybridized carbons (Fsp3) is 0.353. The highest BCUT2D eigenvalue weighted by atomic mass is 79.9. The number of alkyl halides is 3. The zero-order valence-corrected chi connectivity index (χ0v) is 15.9. The summed E-state index contributed by atoms with van der Waals surface area (Å²) in [4.78, 5) is 4.02. The maximum atomic E-state index is 14.3. The van der Waals surface area contributed by atoms with Gasteiger partial charge in [0.15, 0.2) is 11.6 Å². The van der Waals surface area contributed by atoms with E-state index in [1.54, 1.807) is 13.0 Å². The summed E-state index contributed by atoms with van der Waals surface area (Å²) < 4.78 is 79.6. The number of nitrogens with zero attached hydrogens (tertiary/aromatic N) is 1. The molecule has 0 aliphatic carbocycles. The van der Waals surface area contributed by atoms with Crippen molar-refractivity contribution in [2.24, 2.45) is 0 Å². The number of aryl methyl sites for hydroxylation is 1. The zero-order valence-electron chi connectivity index (χ0n) is 13.5. The van der Waals surface area contributed by atoms with E-state index in [4.69, 9.17) is 0 Å². The molecule has 26 heavy (non-hydrogen) atoms. The van der Waals surface area contributed by atoms with Crippen molar-refractivity contribution in [1.82, 2.24) is 4.98 Å². The van der Waals surface area contributed by atoms with Crippen LogP contribution in [0.2, 0.25) is 0 Å². The summed E-state index contributed by atoms with van der Waals surface area (Å²) in [7, 11) is 0. The van der Waals surface area contributed by atoms with Gasteiger partial charge in [0.1, 0.15) is 10.4 Å². The Morgan fingerprint density at radius 2 is 1.81 bits per heavy atom. The first kappa shape index (κ1) is 21.1. The summed E-state index contributed by atoms with van der Waals surface area (Å²) in [5, 5.41) is -1.01. The predicted molar refractivity (Wildman–Crippen MR) is 92.6 cm³/mol. The van der Waals surface area contributed by atoms with Gasteiger partial charge in [0.05, 0.1) is 5.25 Å². The van der Waals surface area contributed by atoms with Crippen molar-refractivity contribution in [3.05, 3.63) is 63.1 Å². The third-order valence-corrected chi connectivity index (χ3v) is 5.41. The second-order valence-electron chi connectivity index (χ2n) is 5.59. The Hall–Kier alpha value is -1.22. The van der Waals surface area contributed by atoms with Crippen molar-refractivity contribution >= 4 is 27.7 Å². The van der Waals surface area contributed by atoms with Crippen molar-refractivity contribution in [3.8, 4) is 0 Å². The Balaban J connectivity index is 2.38. The molecule has 0 aliphatic rings. The van der Waals surface area contributed by atoms with Crippen LogP contribution in [0.25, 0.3) is 0 Å². The van der Waals surface area contributed by atoms with E-state index >= 15 is 0 Å². The molecule has 0 radical (unpaired) electrons. The molecule has 142 valence electrons. The van der Waals surface area contributed by atoms with E-state index in [1.807, 2.05) is 0 Å². The Bertz CT molecular complexity index is 781. The lowest BCUT2D eigenvalue weighted by molar-refractivity contribution is -0.134. The van der Waals surface area contributed by atoms with E-state index in [-0.39, 0.29) is 12.2 Å². The van der Waals surface area contributed by atoms with Crippen LogP contribution in [0, 0.1) is 24.4 Å². The van der Waals surface area contributed by atoms with Gasteiger partial charge in [0.2, 0.25) is 0 Å². The van der Waals surface area contributed by atoms with Crippen molar-refractivity contribution < 1.29 is 26.3 Å². The van der Waals surface area contributed by atoms with Crippen LogP contribution < -0.4 is 0 Å². The minimum absolute atomic E-state index is 0.00489. The van der Waals surface area contributed by atoms with Crippen LogP contribution >= 0.6 is 27.7 Å². The molecule has 0 aliphatic heterocycles. The average Bonchev–Trinajstić information content (AvgIpc) is 2.53. The number of benzene rings is 1. The third-order valence-electron chi connectivity index (χ3n) is 3.63. The fourth-order valence-corrected chi connectivity index (χ4v) is 4.19. The smallest absolute Gasteiger partial charge is 0.249 e. The van der Waals surface area contributed by atoms with Crippen molar-refractivity contribution in [2.45, 2.75) is 31.2 Å². The van der Waals surface area contributed by atoms with Crippen LogP contribution in [0.4, 0.5) is 26.3 Å². The minimum Gasteiger partial charge on any atom is -0.249 e. The third kappa shape index (κ3) is 5.39. The lowest BCUT2D eigenvalue weighted by Gasteiger charge is -2.21. The maximum Gasteiger partial charge on any atom is 0.389 e. The van der Waals surface area contributed by atoms with Gasteiger partial charge in [-0.15, -0.1) is 11.8 Å². The van der Waals surface area contributed by atoms with Crippen LogP contribution in [0.3, 0.4) is 0 Å². The number of thioether (sulfide) groups is 1. The second-order valence-corrected chi connectivity index (χ2v) is 7.62. The molecule has 1 aromatic carbocycles. The first-order valence-corrected chi connectivity index (χ1v) is 9.38. The summed E-state index contributed by atoms with van der Waals surface area (Å²) in [6.45, 7) is 1.68. The molecule has 0 spiro atoms. The summed E-state index contributed by atoms with van der Waals surface area (Å²) in [6.07, 6.45) is -4.14. The Morgan fingerprint density at radius 3 is 2.42 bits per heavy atom. The van der Waals surface area contributed by atoms with E-state index in [9.17, 15) is 26.3 Å². The van der Waals surface area contributed by atoms with Gasteiger partial charge in [-0.1, -0.05) is 0 Å². The van der Waals surface area contributed by atoms with Crippen LogP contribution in [0.1, 0.15) is 34.8 Å². The normalized spacial score (nSPS) is 13.1. The monoisotopic (exact) mass is 457 g/mol. The molecule has 1 heterocycles. The highest BCUT2D eigenvalue weighted by Crippen LogP contribution is 2.41. The number of hydrogen-bond donors (Lipinski definition) is 0. The lowest BCUT2D eigenvalue weighted by atomic mass is 10.0. The number of hydrogen-bond acceptors (Lipinski definition) is 2. The molecule has 2 aromatic rings.